The van der Waals surface area contributed by atoms with E-state index in [9.17, 15) is 4.79 Å². The third kappa shape index (κ3) is 13.9. The molecule has 0 amide bonds. The zero-order valence-corrected chi connectivity index (χ0v) is 12.8. The lowest BCUT2D eigenvalue weighted by Gasteiger charge is -2.07. The Kier molecular flexibility index (Phi) is 14.5. The third-order valence-corrected chi connectivity index (χ3v) is 2.50. The Balaban J connectivity index is 3.04. The molecule has 0 atom stereocenters. The molecule has 0 aliphatic heterocycles. The largest absolute Gasteiger partial charge is 0.379 e. The zero-order valence-electron chi connectivity index (χ0n) is 12.8. The quantitative estimate of drug-likeness (QED) is 0.446. The minimum absolute atomic E-state index is 0.0244. The number of carbonyl (C=O) groups excluding carboxylic acids is 1. The fraction of sp³-hybridized carbons (Fsp3) is 0.929. The second-order valence-corrected chi connectivity index (χ2v) is 4.65. The van der Waals surface area contributed by atoms with Crippen molar-refractivity contribution in [3.8, 4) is 0 Å². The van der Waals surface area contributed by atoms with Gasteiger partial charge in [0.2, 0.25) is 0 Å². The van der Waals surface area contributed by atoms with Crippen molar-refractivity contribution in [2.75, 3.05) is 59.4 Å². The number of ketones is 1. The number of nitrogens with two attached hydrogens (primary N) is 1. The molecular formula is C14H29NO5. The van der Waals surface area contributed by atoms with Crippen LogP contribution in [-0.4, -0.2) is 65.2 Å². The summed E-state index contributed by atoms with van der Waals surface area (Å²) in [5.41, 5.74) is 5.33. The topological polar surface area (TPSA) is 80.0 Å². The lowest BCUT2D eigenvalue weighted by atomic mass is 10.1. The van der Waals surface area contributed by atoms with Crippen LogP contribution < -0.4 is 5.73 Å². The maximum absolute atomic E-state index is 11.2. The first kappa shape index (κ1) is 19.5. The van der Waals surface area contributed by atoms with Gasteiger partial charge in [-0.2, -0.15) is 0 Å². The second kappa shape index (κ2) is 14.9. The average Bonchev–Trinajstić information content (AvgIpc) is 2.43. The Morgan fingerprint density at radius 1 is 0.850 bits per heavy atom. The highest BCUT2D eigenvalue weighted by atomic mass is 16.6. The van der Waals surface area contributed by atoms with Crippen molar-refractivity contribution in [1.82, 2.24) is 0 Å². The van der Waals surface area contributed by atoms with E-state index in [2.05, 4.69) is 0 Å². The Morgan fingerprint density at radius 3 is 1.75 bits per heavy atom. The molecule has 0 saturated carbocycles. The maximum atomic E-state index is 11.2. The summed E-state index contributed by atoms with van der Waals surface area (Å²) in [7, 11) is 0. The highest BCUT2D eigenvalue weighted by Crippen LogP contribution is 1.94. The summed E-state index contributed by atoms with van der Waals surface area (Å²) in [4.78, 5) is 11.2. The van der Waals surface area contributed by atoms with E-state index in [1.807, 2.05) is 13.8 Å². The molecule has 2 N–H and O–H groups in total. The van der Waals surface area contributed by atoms with E-state index < -0.39 is 0 Å². The standard InChI is InChI=1S/C14H29NO5/c1-13(2)14(16)12-20-11-10-19-9-8-18-7-6-17-5-3-4-15/h13H,3-12,15H2,1-2H3. The Hall–Kier alpha value is -0.530. The Morgan fingerprint density at radius 2 is 1.30 bits per heavy atom. The monoisotopic (exact) mass is 291 g/mol. The molecule has 0 rings (SSSR count). The van der Waals surface area contributed by atoms with Gasteiger partial charge in [0, 0.05) is 12.5 Å². The summed E-state index contributed by atoms with van der Waals surface area (Å²) in [6, 6.07) is 0. The van der Waals surface area contributed by atoms with Crippen LogP contribution in [0.3, 0.4) is 0 Å². The van der Waals surface area contributed by atoms with Gasteiger partial charge in [0.15, 0.2) is 5.78 Å². The number of hydrogen-bond acceptors (Lipinski definition) is 6. The summed E-state index contributed by atoms with van der Waals surface area (Å²) < 4.78 is 21.1. The van der Waals surface area contributed by atoms with E-state index in [0.29, 0.717) is 52.8 Å². The van der Waals surface area contributed by atoms with Gasteiger partial charge in [0.25, 0.3) is 0 Å². The zero-order chi connectivity index (χ0) is 15.1. The molecule has 0 fully saturated rings. The molecule has 0 spiro atoms. The van der Waals surface area contributed by atoms with Crippen molar-refractivity contribution in [1.29, 1.82) is 0 Å². The molecule has 0 bridgehead atoms. The van der Waals surface area contributed by atoms with E-state index in [1.165, 1.54) is 0 Å². The highest BCUT2D eigenvalue weighted by molar-refractivity contribution is 5.81. The predicted molar refractivity (Wildman–Crippen MR) is 76.8 cm³/mol. The van der Waals surface area contributed by atoms with Gasteiger partial charge >= 0.3 is 0 Å². The molecule has 0 aliphatic rings. The Labute approximate surface area is 121 Å². The molecule has 6 heteroatoms. The molecule has 0 aliphatic carbocycles. The SMILES string of the molecule is CC(C)C(=O)COCCOCCOCCOCCCN. The number of Topliss-reactive ketones (excluding diaryl/α,β-unsaturated/α-hetero) is 1. The molecule has 0 aromatic carbocycles. The smallest absolute Gasteiger partial charge is 0.160 e. The van der Waals surface area contributed by atoms with Gasteiger partial charge in [-0.1, -0.05) is 13.8 Å². The Bertz CT molecular complexity index is 224. The van der Waals surface area contributed by atoms with Crippen LogP contribution in [0.25, 0.3) is 0 Å². The van der Waals surface area contributed by atoms with Crippen LogP contribution in [0.4, 0.5) is 0 Å². The fourth-order valence-corrected chi connectivity index (χ4v) is 1.18. The van der Waals surface area contributed by atoms with Crippen molar-refractivity contribution in [3.05, 3.63) is 0 Å². The van der Waals surface area contributed by atoms with E-state index in [4.69, 9.17) is 24.7 Å². The summed E-state index contributed by atoms with van der Waals surface area (Å²) in [5.74, 6) is 0.138. The van der Waals surface area contributed by atoms with Gasteiger partial charge in [0.1, 0.15) is 6.61 Å². The lowest BCUT2D eigenvalue weighted by molar-refractivity contribution is -0.127. The molecule has 0 unspecified atom stereocenters. The number of hydrogen-bond donors (Lipinski definition) is 1. The van der Waals surface area contributed by atoms with Gasteiger partial charge in [0.05, 0.1) is 39.6 Å². The first-order valence-corrected chi connectivity index (χ1v) is 7.22. The van der Waals surface area contributed by atoms with Gasteiger partial charge in [-0.25, -0.2) is 0 Å². The molecule has 0 heterocycles. The lowest BCUT2D eigenvalue weighted by Crippen LogP contribution is -2.17. The van der Waals surface area contributed by atoms with Crippen LogP contribution >= 0.6 is 0 Å². The molecular weight excluding hydrogens is 262 g/mol. The second-order valence-electron chi connectivity index (χ2n) is 4.65. The minimum atomic E-state index is 0.0244. The highest BCUT2D eigenvalue weighted by Gasteiger charge is 2.06. The molecule has 0 saturated heterocycles. The van der Waals surface area contributed by atoms with Crippen molar-refractivity contribution in [2.24, 2.45) is 11.7 Å². The van der Waals surface area contributed by atoms with Crippen LogP contribution in [0.2, 0.25) is 0 Å². The van der Waals surface area contributed by atoms with Gasteiger partial charge in [-0.3, -0.25) is 4.79 Å². The van der Waals surface area contributed by atoms with Crippen LogP contribution in [0, 0.1) is 5.92 Å². The van der Waals surface area contributed by atoms with Crippen molar-refractivity contribution in [3.63, 3.8) is 0 Å². The van der Waals surface area contributed by atoms with Gasteiger partial charge in [-0.15, -0.1) is 0 Å². The molecule has 0 radical (unpaired) electrons. The third-order valence-electron chi connectivity index (χ3n) is 2.50. The van der Waals surface area contributed by atoms with Gasteiger partial charge < -0.3 is 24.7 Å². The van der Waals surface area contributed by atoms with Crippen LogP contribution in [-0.2, 0) is 23.7 Å². The van der Waals surface area contributed by atoms with Crippen LogP contribution in [0.15, 0.2) is 0 Å². The van der Waals surface area contributed by atoms with Crippen molar-refractivity contribution >= 4 is 5.78 Å². The molecule has 0 aromatic heterocycles. The van der Waals surface area contributed by atoms with Crippen LogP contribution in [0.5, 0.6) is 0 Å². The van der Waals surface area contributed by atoms with E-state index in [1.54, 1.807) is 0 Å². The summed E-state index contributed by atoms with van der Waals surface area (Å²) in [5, 5.41) is 0. The normalized spacial score (nSPS) is 11.2. The first-order valence-electron chi connectivity index (χ1n) is 7.22. The maximum Gasteiger partial charge on any atom is 0.160 e. The average molecular weight is 291 g/mol. The van der Waals surface area contributed by atoms with E-state index >= 15 is 0 Å². The van der Waals surface area contributed by atoms with Crippen LogP contribution in [0.1, 0.15) is 20.3 Å². The predicted octanol–water partition coefficient (Wildman–Crippen LogP) is 0.627. The summed E-state index contributed by atoms with van der Waals surface area (Å²) in [6.07, 6.45) is 0.877. The number of rotatable bonds is 15. The summed E-state index contributed by atoms with van der Waals surface area (Å²) >= 11 is 0. The van der Waals surface area contributed by atoms with E-state index in [-0.39, 0.29) is 18.3 Å². The molecule has 20 heavy (non-hydrogen) atoms. The number of ether oxygens (including phenoxy) is 4. The fourth-order valence-electron chi connectivity index (χ4n) is 1.18. The number of carbonyl (C=O) groups is 1. The summed E-state index contributed by atoms with van der Waals surface area (Å²) in [6.45, 7) is 8.32. The van der Waals surface area contributed by atoms with Crippen molar-refractivity contribution in [2.45, 2.75) is 20.3 Å². The minimum Gasteiger partial charge on any atom is -0.379 e. The first-order chi connectivity index (χ1) is 9.68. The van der Waals surface area contributed by atoms with Gasteiger partial charge in [-0.05, 0) is 13.0 Å². The van der Waals surface area contributed by atoms with Crippen molar-refractivity contribution < 1.29 is 23.7 Å². The van der Waals surface area contributed by atoms with E-state index in [0.717, 1.165) is 6.42 Å². The molecule has 6 nitrogen and oxygen atoms in total. The molecule has 120 valence electrons. The molecule has 0 aromatic rings.